The van der Waals surface area contributed by atoms with Crippen molar-refractivity contribution in [3.63, 3.8) is 0 Å². The highest BCUT2D eigenvalue weighted by molar-refractivity contribution is 7.81. The Morgan fingerprint density at radius 2 is 1.00 bits per heavy atom. The minimum atomic E-state index is 0.131. The molecule has 0 bridgehead atoms. The van der Waals surface area contributed by atoms with Gasteiger partial charge in [0.05, 0.1) is 0 Å². The van der Waals surface area contributed by atoms with E-state index in [-0.39, 0.29) is 4.75 Å². The first-order chi connectivity index (χ1) is 17.4. The molecule has 4 aliphatic carbocycles. The maximum Gasteiger partial charge on any atom is 0.0112 e. The van der Waals surface area contributed by atoms with Crippen molar-refractivity contribution >= 4 is 12.6 Å². The van der Waals surface area contributed by atoms with Gasteiger partial charge in [-0.3, -0.25) is 0 Å². The molecule has 4 aliphatic rings. The van der Waals surface area contributed by atoms with Gasteiger partial charge in [0.25, 0.3) is 0 Å². The van der Waals surface area contributed by atoms with Crippen LogP contribution in [0.15, 0.2) is 12.2 Å². The Kier molecular flexibility index (Phi) is 7.43. The lowest BCUT2D eigenvalue weighted by Crippen LogP contribution is -2.76. The summed E-state index contributed by atoms with van der Waals surface area (Å²) in [5.74, 6) is 2.01. The summed E-state index contributed by atoms with van der Waals surface area (Å²) >= 11 is 5.34. The molecular weight excluding hydrogens is 488 g/mol. The predicted molar refractivity (Wildman–Crippen MR) is 176 cm³/mol. The second-order valence-corrected chi connectivity index (χ2v) is 20.0. The molecule has 0 saturated heterocycles. The van der Waals surface area contributed by atoms with E-state index < -0.39 is 0 Å². The van der Waals surface area contributed by atoms with Crippen LogP contribution in [-0.2, 0) is 0 Å². The van der Waals surface area contributed by atoms with Crippen molar-refractivity contribution in [2.75, 3.05) is 0 Å². The summed E-state index contributed by atoms with van der Waals surface area (Å²) in [6.07, 6.45) is 13.3. The van der Waals surface area contributed by atoms with Crippen LogP contribution < -0.4 is 0 Å². The third-order valence-corrected chi connectivity index (χ3v) is 17.0. The first-order valence-electron chi connectivity index (χ1n) is 16.9. The van der Waals surface area contributed by atoms with E-state index in [1.165, 1.54) is 69.8 Å². The molecule has 10 atom stereocenters. The Bertz CT molecular complexity index is 991. The highest BCUT2D eigenvalue weighted by atomic mass is 32.1. The van der Waals surface area contributed by atoms with Gasteiger partial charge in [0.15, 0.2) is 0 Å². The molecule has 10 unspecified atom stereocenters. The first-order valence-corrected chi connectivity index (χ1v) is 17.3. The van der Waals surface area contributed by atoms with E-state index >= 15 is 0 Å². The molecule has 4 saturated carbocycles. The van der Waals surface area contributed by atoms with Crippen molar-refractivity contribution in [1.82, 2.24) is 0 Å². The largest absolute Gasteiger partial charge is 0.173 e. The van der Waals surface area contributed by atoms with Crippen molar-refractivity contribution in [3.05, 3.63) is 12.2 Å². The topological polar surface area (TPSA) is 0 Å². The molecule has 0 amide bonds. The molecule has 0 aromatic rings. The summed E-state index contributed by atoms with van der Waals surface area (Å²) in [7, 11) is 0. The summed E-state index contributed by atoms with van der Waals surface area (Å²) < 4.78 is 0.131. The standard InChI is InChI=1S/C38H68S/c1-26(2)22-28(5)29(6)32(9)16-17-33(32,10)34(11)18-19-35(34,12)36(13)20-21-37(36,14)38(15)25-31(8,39)24-30(38,7)23-27(3)4/h26-27,29,39H,5,16-25H2,1-4,6-15H3. The number of hydrogen-bond donors (Lipinski definition) is 1. The third kappa shape index (κ3) is 3.75. The first kappa shape index (κ1) is 32.0. The number of thiol groups is 1. The number of allylic oxidation sites excluding steroid dienone is 1. The van der Waals surface area contributed by atoms with Crippen molar-refractivity contribution in [3.8, 4) is 0 Å². The smallest absolute Gasteiger partial charge is 0.0112 e. The molecule has 0 radical (unpaired) electrons. The molecule has 226 valence electrons. The summed E-state index contributed by atoms with van der Waals surface area (Å²) in [5.41, 5.74) is 4.26. The van der Waals surface area contributed by atoms with Crippen molar-refractivity contribution < 1.29 is 0 Å². The Labute approximate surface area is 251 Å². The van der Waals surface area contributed by atoms with Crippen molar-refractivity contribution in [1.29, 1.82) is 0 Å². The Morgan fingerprint density at radius 1 is 0.590 bits per heavy atom. The van der Waals surface area contributed by atoms with E-state index in [0.29, 0.717) is 55.2 Å². The molecule has 1 heteroatoms. The molecule has 4 fully saturated rings. The van der Waals surface area contributed by atoms with E-state index in [9.17, 15) is 0 Å². The van der Waals surface area contributed by atoms with Gasteiger partial charge in [-0.15, -0.1) is 0 Å². The fourth-order valence-corrected chi connectivity index (χ4v) is 13.7. The Balaban J connectivity index is 1.74. The Morgan fingerprint density at radius 3 is 1.36 bits per heavy atom. The highest BCUT2D eigenvalue weighted by Crippen LogP contribution is 2.88. The fourth-order valence-electron chi connectivity index (χ4n) is 13.1. The summed E-state index contributed by atoms with van der Waals surface area (Å²) in [6, 6.07) is 0. The SMILES string of the molecule is C=C(CC(C)C)C(C)C1(C)CCC1(C)C1(C)CCC1(C)C1(C)CCC1(C)C1(C)CC(C)(S)CC1(C)CC(C)C. The Hall–Kier alpha value is 0.0900. The minimum Gasteiger partial charge on any atom is -0.173 e. The third-order valence-electron chi connectivity index (χ3n) is 16.7. The molecule has 39 heavy (non-hydrogen) atoms. The van der Waals surface area contributed by atoms with E-state index in [1.54, 1.807) is 0 Å². The monoisotopic (exact) mass is 557 g/mol. The van der Waals surface area contributed by atoms with Gasteiger partial charge < -0.3 is 0 Å². The van der Waals surface area contributed by atoms with Crippen LogP contribution in [-0.4, -0.2) is 4.75 Å². The quantitative estimate of drug-likeness (QED) is 0.212. The van der Waals surface area contributed by atoms with E-state index in [0.717, 1.165) is 5.92 Å². The minimum absolute atomic E-state index is 0.131. The predicted octanol–water partition coefficient (Wildman–Crippen LogP) is 12.2. The number of rotatable bonds is 9. The van der Waals surface area contributed by atoms with Crippen LogP contribution in [0.1, 0.15) is 161 Å². The van der Waals surface area contributed by atoms with E-state index in [4.69, 9.17) is 12.6 Å². The summed E-state index contributed by atoms with van der Waals surface area (Å²) in [4.78, 5) is 0. The van der Waals surface area contributed by atoms with Gasteiger partial charge in [0.2, 0.25) is 0 Å². The fraction of sp³-hybridized carbons (Fsp3) is 0.947. The number of hydrogen-bond acceptors (Lipinski definition) is 1. The zero-order valence-corrected chi connectivity index (χ0v) is 29.9. The summed E-state index contributed by atoms with van der Waals surface area (Å²) in [6.45, 7) is 41.1. The summed E-state index contributed by atoms with van der Waals surface area (Å²) in [5, 5.41) is 0. The van der Waals surface area contributed by atoms with E-state index in [2.05, 4.69) is 104 Å². The average Bonchev–Trinajstić information content (AvgIpc) is 3.00. The average molecular weight is 557 g/mol. The maximum absolute atomic E-state index is 5.34. The molecule has 0 heterocycles. The van der Waals surface area contributed by atoms with Crippen LogP contribution in [0.2, 0.25) is 0 Å². The van der Waals surface area contributed by atoms with Crippen LogP contribution in [0.25, 0.3) is 0 Å². The molecule has 0 nitrogen and oxygen atoms in total. The van der Waals surface area contributed by atoms with Gasteiger partial charge in [-0.25, -0.2) is 0 Å². The molecule has 0 spiro atoms. The molecule has 0 N–H and O–H groups in total. The van der Waals surface area contributed by atoms with Crippen LogP contribution in [0.3, 0.4) is 0 Å². The van der Waals surface area contributed by atoms with Crippen LogP contribution in [0.5, 0.6) is 0 Å². The van der Waals surface area contributed by atoms with Crippen LogP contribution in [0.4, 0.5) is 0 Å². The zero-order valence-electron chi connectivity index (χ0n) is 29.0. The molecule has 4 rings (SSSR count). The maximum atomic E-state index is 5.34. The zero-order chi connectivity index (χ0) is 29.9. The molecule has 0 aliphatic heterocycles. The lowest BCUT2D eigenvalue weighted by molar-refractivity contribution is -0.346. The van der Waals surface area contributed by atoms with Crippen LogP contribution in [0, 0.1) is 61.1 Å². The van der Waals surface area contributed by atoms with Gasteiger partial charge in [-0.2, -0.15) is 12.6 Å². The molecule has 0 aromatic carbocycles. The second-order valence-electron chi connectivity index (χ2n) is 18.9. The highest BCUT2D eigenvalue weighted by Gasteiger charge is 2.81. The van der Waals surface area contributed by atoms with E-state index in [1.807, 2.05) is 0 Å². The van der Waals surface area contributed by atoms with Gasteiger partial charge >= 0.3 is 0 Å². The lowest BCUT2D eigenvalue weighted by Gasteiger charge is -2.83. The second kappa shape index (κ2) is 9.05. The van der Waals surface area contributed by atoms with Gasteiger partial charge in [-0.1, -0.05) is 109 Å². The van der Waals surface area contributed by atoms with Crippen LogP contribution >= 0.6 is 12.6 Å². The molecular formula is C38H68S. The normalized spacial score (nSPS) is 54.3. The molecule has 0 aromatic heterocycles. The van der Waals surface area contributed by atoms with Crippen molar-refractivity contribution in [2.45, 2.75) is 166 Å². The van der Waals surface area contributed by atoms with Crippen molar-refractivity contribution in [2.24, 2.45) is 61.1 Å². The van der Waals surface area contributed by atoms with Gasteiger partial charge in [0.1, 0.15) is 0 Å². The lowest BCUT2D eigenvalue weighted by atomic mass is 9.21. The van der Waals surface area contributed by atoms with Gasteiger partial charge in [-0.05, 0) is 125 Å². The van der Waals surface area contributed by atoms with Gasteiger partial charge in [0, 0.05) is 4.75 Å².